The third-order valence-electron chi connectivity index (χ3n) is 5.23. The highest BCUT2D eigenvalue weighted by molar-refractivity contribution is 7.14. The van der Waals surface area contributed by atoms with Crippen LogP contribution >= 0.6 is 11.3 Å². The molecular formula is C20H23N3O2S. The number of hydrogen-bond donors (Lipinski definition) is 1. The van der Waals surface area contributed by atoms with Gasteiger partial charge in [0.1, 0.15) is 0 Å². The summed E-state index contributed by atoms with van der Waals surface area (Å²) < 4.78 is 0. The van der Waals surface area contributed by atoms with E-state index in [1.165, 1.54) is 10.4 Å². The molecule has 1 atom stereocenters. The van der Waals surface area contributed by atoms with Crippen molar-refractivity contribution < 1.29 is 9.59 Å². The lowest BCUT2D eigenvalue weighted by Crippen LogP contribution is -2.33. The molecule has 1 fully saturated rings. The van der Waals surface area contributed by atoms with Crippen LogP contribution in [0.1, 0.15) is 45.1 Å². The summed E-state index contributed by atoms with van der Waals surface area (Å²) in [6.45, 7) is 2.21. The second-order valence-electron chi connectivity index (χ2n) is 7.04. The lowest BCUT2D eigenvalue weighted by Gasteiger charge is -2.21. The highest BCUT2D eigenvalue weighted by Gasteiger charge is 2.29. The van der Waals surface area contributed by atoms with Crippen LogP contribution in [0.2, 0.25) is 0 Å². The van der Waals surface area contributed by atoms with E-state index in [-0.39, 0.29) is 17.7 Å². The van der Waals surface area contributed by atoms with Crippen molar-refractivity contribution in [3.63, 3.8) is 0 Å². The largest absolute Gasteiger partial charge is 0.350 e. The van der Waals surface area contributed by atoms with Crippen LogP contribution in [-0.4, -0.2) is 34.8 Å². The number of thiophene rings is 1. The van der Waals surface area contributed by atoms with Crippen molar-refractivity contribution in [3.05, 3.63) is 51.5 Å². The minimum absolute atomic E-state index is 0.0180. The highest BCUT2D eigenvalue weighted by Crippen LogP contribution is 2.33. The van der Waals surface area contributed by atoms with Crippen molar-refractivity contribution >= 4 is 23.2 Å². The first kappa shape index (κ1) is 17.2. The number of fused-ring (bicyclic) bond motifs is 1. The normalized spacial score (nSPS) is 19.2. The first-order chi connectivity index (χ1) is 12.7. The monoisotopic (exact) mass is 369 g/mol. The van der Waals surface area contributed by atoms with Crippen molar-refractivity contribution in [2.24, 2.45) is 5.92 Å². The number of carbonyl (C=O) groups is 2. The highest BCUT2D eigenvalue weighted by atomic mass is 32.1. The maximum atomic E-state index is 12.6. The Morgan fingerprint density at radius 1 is 1.27 bits per heavy atom. The topological polar surface area (TPSA) is 62.3 Å². The first-order valence-corrected chi connectivity index (χ1v) is 10.1. The van der Waals surface area contributed by atoms with E-state index in [0.717, 1.165) is 55.8 Å². The average molecular weight is 369 g/mol. The molecule has 1 aliphatic carbocycles. The Bertz CT molecular complexity index is 797. The second-order valence-corrected chi connectivity index (χ2v) is 8.17. The number of nitrogens with zero attached hydrogens (tertiary/aromatic N) is 2. The van der Waals surface area contributed by atoms with Crippen LogP contribution in [0.3, 0.4) is 0 Å². The lowest BCUT2D eigenvalue weighted by atomic mass is 9.87. The zero-order chi connectivity index (χ0) is 17.9. The average Bonchev–Trinajstić information content (AvgIpc) is 3.35. The smallest absolute Gasteiger partial charge is 0.263 e. The predicted octanol–water partition coefficient (Wildman–Crippen LogP) is 2.80. The van der Waals surface area contributed by atoms with E-state index in [4.69, 9.17) is 0 Å². The van der Waals surface area contributed by atoms with Crippen molar-refractivity contribution in [2.45, 2.75) is 38.6 Å². The number of rotatable bonds is 4. The first-order valence-electron chi connectivity index (χ1n) is 9.29. The Hall–Kier alpha value is -2.21. The number of hydrogen-bond acceptors (Lipinski definition) is 4. The van der Waals surface area contributed by atoms with Crippen LogP contribution < -0.4 is 5.32 Å². The SMILES string of the molecule is O=C(NCc1ccccn1)[C@H]1CCc2sc(C(=O)N3CCCC3)cc2C1. The molecule has 5 nitrogen and oxygen atoms in total. The van der Waals surface area contributed by atoms with Gasteiger partial charge in [-0.15, -0.1) is 11.3 Å². The summed E-state index contributed by atoms with van der Waals surface area (Å²) >= 11 is 1.62. The molecule has 1 saturated heterocycles. The quantitative estimate of drug-likeness (QED) is 0.901. The maximum Gasteiger partial charge on any atom is 0.263 e. The summed E-state index contributed by atoms with van der Waals surface area (Å²) in [5.74, 6) is 0.230. The Balaban J connectivity index is 1.38. The summed E-state index contributed by atoms with van der Waals surface area (Å²) in [6.07, 6.45) is 6.41. The number of carbonyl (C=O) groups excluding carboxylic acids is 2. The van der Waals surface area contributed by atoms with Crippen molar-refractivity contribution in [2.75, 3.05) is 13.1 Å². The van der Waals surface area contributed by atoms with Crippen molar-refractivity contribution in [1.29, 1.82) is 0 Å². The van der Waals surface area contributed by atoms with Gasteiger partial charge in [-0.25, -0.2) is 0 Å². The van der Waals surface area contributed by atoms with Gasteiger partial charge in [-0.2, -0.15) is 0 Å². The predicted molar refractivity (Wildman–Crippen MR) is 101 cm³/mol. The summed E-state index contributed by atoms with van der Waals surface area (Å²) in [5, 5.41) is 3.00. The number of amides is 2. The third kappa shape index (κ3) is 3.65. The fourth-order valence-electron chi connectivity index (χ4n) is 3.75. The van der Waals surface area contributed by atoms with E-state index in [0.29, 0.717) is 6.54 Å². The Kier molecular flexibility index (Phi) is 5.02. The van der Waals surface area contributed by atoms with Crippen LogP contribution in [-0.2, 0) is 24.2 Å². The van der Waals surface area contributed by atoms with Crippen molar-refractivity contribution in [1.82, 2.24) is 15.2 Å². The minimum atomic E-state index is -0.0180. The molecule has 2 aromatic rings. The van der Waals surface area contributed by atoms with Crippen molar-refractivity contribution in [3.8, 4) is 0 Å². The van der Waals surface area contributed by atoms with Gasteiger partial charge in [-0.1, -0.05) is 6.07 Å². The van der Waals surface area contributed by atoms with E-state index in [9.17, 15) is 9.59 Å². The van der Waals surface area contributed by atoms with Gasteiger partial charge in [0.25, 0.3) is 5.91 Å². The zero-order valence-electron chi connectivity index (χ0n) is 14.7. The van der Waals surface area contributed by atoms with Crippen LogP contribution in [0.15, 0.2) is 30.5 Å². The fourth-order valence-corrected chi connectivity index (χ4v) is 4.93. The molecule has 0 spiro atoms. The van der Waals surface area contributed by atoms with E-state index < -0.39 is 0 Å². The van der Waals surface area contributed by atoms with Gasteiger partial charge in [-0.05, 0) is 55.9 Å². The Morgan fingerprint density at radius 3 is 2.88 bits per heavy atom. The molecular weight excluding hydrogens is 346 g/mol. The molecule has 1 N–H and O–H groups in total. The minimum Gasteiger partial charge on any atom is -0.350 e. The lowest BCUT2D eigenvalue weighted by molar-refractivity contribution is -0.125. The molecule has 0 unspecified atom stereocenters. The molecule has 0 radical (unpaired) electrons. The molecule has 0 saturated carbocycles. The molecule has 2 amide bonds. The Labute approximate surface area is 157 Å². The zero-order valence-corrected chi connectivity index (χ0v) is 15.6. The van der Waals surface area contributed by atoms with Crippen LogP contribution in [0.5, 0.6) is 0 Å². The fraction of sp³-hybridized carbons (Fsp3) is 0.450. The summed E-state index contributed by atoms with van der Waals surface area (Å²) in [5.41, 5.74) is 2.05. The molecule has 26 heavy (non-hydrogen) atoms. The summed E-state index contributed by atoms with van der Waals surface area (Å²) in [6, 6.07) is 7.73. The molecule has 4 rings (SSSR count). The summed E-state index contributed by atoms with van der Waals surface area (Å²) in [4.78, 5) is 33.4. The molecule has 1 aliphatic heterocycles. The molecule has 2 aliphatic rings. The van der Waals surface area contributed by atoms with Crippen LogP contribution in [0.25, 0.3) is 0 Å². The van der Waals surface area contributed by atoms with Gasteiger partial charge in [0.05, 0.1) is 17.1 Å². The van der Waals surface area contributed by atoms with Gasteiger partial charge in [0.15, 0.2) is 0 Å². The number of nitrogens with one attached hydrogen (secondary N) is 1. The number of likely N-dealkylation sites (tertiary alicyclic amines) is 1. The van der Waals surface area contributed by atoms with Gasteiger partial charge < -0.3 is 10.2 Å². The number of aromatic nitrogens is 1. The third-order valence-corrected chi connectivity index (χ3v) is 6.45. The summed E-state index contributed by atoms with van der Waals surface area (Å²) in [7, 11) is 0. The van der Waals surface area contributed by atoms with Crippen LogP contribution in [0.4, 0.5) is 0 Å². The standard InChI is InChI=1S/C20H23N3O2S/c24-19(22-13-16-5-1-2-8-21-16)14-6-7-17-15(11-14)12-18(26-17)20(25)23-9-3-4-10-23/h1-2,5,8,12,14H,3-4,6-7,9-11,13H2,(H,22,24)/t14-/m0/s1. The van der Waals surface area contributed by atoms with Gasteiger partial charge >= 0.3 is 0 Å². The molecule has 2 aromatic heterocycles. The van der Waals surface area contributed by atoms with E-state index in [2.05, 4.69) is 10.3 Å². The van der Waals surface area contributed by atoms with Gasteiger partial charge in [-0.3, -0.25) is 14.6 Å². The molecule has 0 aromatic carbocycles. The van der Waals surface area contributed by atoms with Crippen LogP contribution in [0, 0.1) is 5.92 Å². The van der Waals surface area contributed by atoms with E-state index >= 15 is 0 Å². The molecule has 6 heteroatoms. The molecule has 0 bridgehead atoms. The Morgan fingerprint density at radius 2 is 2.12 bits per heavy atom. The van der Waals surface area contributed by atoms with E-state index in [1.807, 2.05) is 29.2 Å². The molecule has 136 valence electrons. The van der Waals surface area contributed by atoms with Gasteiger partial charge in [0.2, 0.25) is 5.91 Å². The van der Waals surface area contributed by atoms with Gasteiger partial charge in [0, 0.05) is 30.1 Å². The molecule has 3 heterocycles. The number of aryl methyl sites for hydroxylation is 1. The second kappa shape index (κ2) is 7.58. The number of pyridine rings is 1. The van der Waals surface area contributed by atoms with E-state index in [1.54, 1.807) is 17.5 Å². The maximum absolute atomic E-state index is 12.6.